The van der Waals surface area contributed by atoms with Crippen LogP contribution in [-0.2, 0) is 0 Å². The maximum Gasteiger partial charge on any atom is 0.0945 e. The van der Waals surface area contributed by atoms with Crippen molar-refractivity contribution in [3.05, 3.63) is 35.9 Å². The summed E-state index contributed by atoms with van der Waals surface area (Å²) in [6.45, 7) is 0. The largest absolute Gasteiger partial charge is 0.387 e. The van der Waals surface area contributed by atoms with E-state index < -0.39 is 0 Å². The zero-order chi connectivity index (χ0) is 10.3. The first-order chi connectivity index (χ1) is 7.34. The summed E-state index contributed by atoms with van der Waals surface area (Å²) in [7, 11) is 0. The number of hydrogen-bond donors (Lipinski definition) is 2. The van der Waals surface area contributed by atoms with Gasteiger partial charge in [-0.15, -0.1) is 0 Å². The van der Waals surface area contributed by atoms with E-state index in [0.717, 1.165) is 5.56 Å². The number of aliphatic hydroxyl groups excluding tert-OH is 1. The number of fused-ring (bicyclic) bond motifs is 2. The van der Waals surface area contributed by atoms with Crippen molar-refractivity contribution < 1.29 is 5.11 Å². The predicted octanol–water partition coefficient (Wildman–Crippen LogP) is 1.86. The second-order valence-electron chi connectivity index (χ2n) is 4.82. The minimum absolute atomic E-state index is 0.283. The van der Waals surface area contributed by atoms with Gasteiger partial charge in [-0.2, -0.15) is 0 Å². The molecule has 2 heteroatoms. The van der Waals surface area contributed by atoms with E-state index in [1.807, 2.05) is 30.3 Å². The minimum Gasteiger partial charge on any atom is -0.387 e. The zero-order valence-corrected chi connectivity index (χ0v) is 8.76. The molecular weight excluding hydrogens is 186 g/mol. The highest BCUT2D eigenvalue weighted by molar-refractivity contribution is 5.20. The Labute approximate surface area is 90.3 Å². The van der Waals surface area contributed by atoms with Gasteiger partial charge in [0.2, 0.25) is 0 Å². The van der Waals surface area contributed by atoms with Crippen molar-refractivity contribution in [2.45, 2.75) is 37.5 Å². The van der Waals surface area contributed by atoms with E-state index in [1.165, 1.54) is 19.3 Å². The van der Waals surface area contributed by atoms with Gasteiger partial charge in [0.1, 0.15) is 0 Å². The number of benzene rings is 1. The minimum atomic E-state index is -0.332. The van der Waals surface area contributed by atoms with Gasteiger partial charge in [0.25, 0.3) is 0 Å². The smallest absolute Gasteiger partial charge is 0.0945 e. The predicted molar refractivity (Wildman–Crippen MR) is 59.5 cm³/mol. The molecule has 3 rings (SSSR count). The van der Waals surface area contributed by atoms with Gasteiger partial charge in [-0.1, -0.05) is 30.3 Å². The van der Waals surface area contributed by atoms with Crippen LogP contribution in [0.15, 0.2) is 30.3 Å². The summed E-state index contributed by atoms with van der Waals surface area (Å²) >= 11 is 0. The van der Waals surface area contributed by atoms with Gasteiger partial charge in [-0.3, -0.25) is 0 Å². The van der Waals surface area contributed by atoms with Crippen LogP contribution in [0.3, 0.4) is 0 Å². The summed E-state index contributed by atoms with van der Waals surface area (Å²) in [6.07, 6.45) is 3.50. The van der Waals surface area contributed by atoms with E-state index in [1.54, 1.807) is 0 Å². The van der Waals surface area contributed by atoms with E-state index in [4.69, 9.17) is 0 Å². The molecule has 1 aliphatic carbocycles. The first kappa shape index (κ1) is 9.37. The van der Waals surface area contributed by atoms with E-state index in [9.17, 15) is 5.11 Å². The normalized spacial score (nSPS) is 35.7. The van der Waals surface area contributed by atoms with Gasteiger partial charge < -0.3 is 10.4 Å². The summed E-state index contributed by atoms with van der Waals surface area (Å²) in [4.78, 5) is 0. The van der Waals surface area contributed by atoms with E-state index >= 15 is 0 Å². The van der Waals surface area contributed by atoms with Gasteiger partial charge in [0.05, 0.1) is 6.10 Å². The maximum absolute atomic E-state index is 10.3. The van der Waals surface area contributed by atoms with E-state index in [0.29, 0.717) is 12.0 Å². The van der Waals surface area contributed by atoms with E-state index in [-0.39, 0.29) is 12.1 Å². The van der Waals surface area contributed by atoms with Crippen LogP contribution in [0.5, 0.6) is 0 Å². The second-order valence-corrected chi connectivity index (χ2v) is 4.82. The Bertz CT molecular complexity index is 338. The third-order valence-electron chi connectivity index (χ3n) is 3.89. The van der Waals surface area contributed by atoms with Crippen molar-refractivity contribution in [2.75, 3.05) is 0 Å². The molecule has 2 nitrogen and oxygen atoms in total. The van der Waals surface area contributed by atoms with Gasteiger partial charge in [0, 0.05) is 12.1 Å². The molecule has 2 fully saturated rings. The lowest BCUT2D eigenvalue weighted by molar-refractivity contribution is 0.106. The molecule has 0 amide bonds. The van der Waals surface area contributed by atoms with Crippen LogP contribution >= 0.6 is 0 Å². The highest BCUT2D eigenvalue weighted by Gasteiger charge is 2.42. The molecule has 15 heavy (non-hydrogen) atoms. The van der Waals surface area contributed by atoms with Crippen molar-refractivity contribution in [3.8, 4) is 0 Å². The van der Waals surface area contributed by atoms with Gasteiger partial charge in [0.15, 0.2) is 0 Å². The molecule has 0 radical (unpaired) electrons. The second kappa shape index (κ2) is 3.62. The average molecular weight is 203 g/mol. The number of piperidine rings is 1. The van der Waals surface area contributed by atoms with Crippen molar-refractivity contribution in [2.24, 2.45) is 5.92 Å². The van der Waals surface area contributed by atoms with Crippen molar-refractivity contribution >= 4 is 0 Å². The number of aliphatic hydroxyl groups is 1. The van der Waals surface area contributed by atoms with Crippen LogP contribution in [0.2, 0.25) is 0 Å². The average Bonchev–Trinajstić information content (AvgIpc) is 2.91. The lowest BCUT2D eigenvalue weighted by atomic mass is 9.91. The Morgan fingerprint density at radius 1 is 1.20 bits per heavy atom. The zero-order valence-electron chi connectivity index (χ0n) is 8.76. The Kier molecular flexibility index (Phi) is 2.26. The molecule has 1 saturated heterocycles. The van der Waals surface area contributed by atoms with Crippen LogP contribution in [0.4, 0.5) is 0 Å². The van der Waals surface area contributed by atoms with E-state index in [2.05, 4.69) is 5.32 Å². The van der Waals surface area contributed by atoms with Crippen LogP contribution in [-0.4, -0.2) is 17.2 Å². The summed E-state index contributed by atoms with van der Waals surface area (Å²) in [5, 5.41) is 13.8. The molecule has 2 bridgehead atoms. The Morgan fingerprint density at radius 2 is 2.00 bits per heavy atom. The number of rotatable bonds is 2. The monoisotopic (exact) mass is 203 g/mol. The fraction of sp³-hybridized carbons (Fsp3) is 0.538. The molecule has 1 heterocycles. The lowest BCUT2D eigenvalue weighted by Gasteiger charge is -2.28. The standard InChI is InChI=1S/C13H17NO/c15-13(9-4-2-1-3-5-9)12-10-6-7-11(8-10)14-12/h1-5,10-15H,6-8H2. The molecule has 2 aliphatic rings. The third kappa shape index (κ3) is 1.58. The van der Waals surface area contributed by atoms with Crippen molar-refractivity contribution in [1.29, 1.82) is 0 Å². The highest BCUT2D eigenvalue weighted by atomic mass is 16.3. The molecule has 1 aromatic rings. The summed E-state index contributed by atoms with van der Waals surface area (Å²) < 4.78 is 0. The van der Waals surface area contributed by atoms with Gasteiger partial charge >= 0.3 is 0 Å². The fourth-order valence-electron chi connectivity index (χ4n) is 3.11. The fourth-order valence-corrected chi connectivity index (χ4v) is 3.11. The molecule has 0 aromatic heterocycles. The van der Waals surface area contributed by atoms with Crippen LogP contribution in [0, 0.1) is 5.92 Å². The molecular formula is C13H17NO. The molecule has 1 aliphatic heterocycles. The van der Waals surface area contributed by atoms with Crippen LogP contribution in [0.25, 0.3) is 0 Å². The topological polar surface area (TPSA) is 32.3 Å². The molecule has 4 atom stereocenters. The molecule has 1 aromatic carbocycles. The molecule has 80 valence electrons. The van der Waals surface area contributed by atoms with Gasteiger partial charge in [-0.05, 0) is 30.7 Å². The quantitative estimate of drug-likeness (QED) is 0.769. The van der Waals surface area contributed by atoms with Crippen molar-refractivity contribution in [3.63, 3.8) is 0 Å². The van der Waals surface area contributed by atoms with Crippen LogP contribution in [0.1, 0.15) is 30.9 Å². The molecule has 4 unspecified atom stereocenters. The van der Waals surface area contributed by atoms with Crippen LogP contribution < -0.4 is 5.32 Å². The molecule has 1 saturated carbocycles. The maximum atomic E-state index is 10.3. The first-order valence-electron chi connectivity index (χ1n) is 5.83. The lowest BCUT2D eigenvalue weighted by Crippen LogP contribution is -2.40. The summed E-state index contributed by atoms with van der Waals surface area (Å²) in [5.41, 5.74) is 1.04. The van der Waals surface area contributed by atoms with Crippen molar-refractivity contribution in [1.82, 2.24) is 5.32 Å². The highest BCUT2D eigenvalue weighted by Crippen LogP contribution is 2.39. The SMILES string of the molecule is OC(c1ccccc1)C1NC2CCC1C2. The first-order valence-corrected chi connectivity index (χ1v) is 5.83. The number of hydrogen-bond acceptors (Lipinski definition) is 2. The molecule has 2 N–H and O–H groups in total. The summed E-state index contributed by atoms with van der Waals surface area (Å²) in [6, 6.07) is 10.9. The summed E-state index contributed by atoms with van der Waals surface area (Å²) in [5.74, 6) is 0.685. The third-order valence-corrected chi connectivity index (χ3v) is 3.89. The number of nitrogens with one attached hydrogen (secondary N) is 1. The Balaban J connectivity index is 1.78. The molecule has 0 spiro atoms. The Morgan fingerprint density at radius 3 is 2.60 bits per heavy atom. The van der Waals surface area contributed by atoms with Gasteiger partial charge in [-0.25, -0.2) is 0 Å². The Hall–Kier alpha value is -0.860.